The van der Waals surface area contributed by atoms with E-state index in [4.69, 9.17) is 5.11 Å². The summed E-state index contributed by atoms with van der Waals surface area (Å²) in [6.07, 6.45) is 4.30. The number of anilines is 1. The maximum Gasteiger partial charge on any atom is 0.325 e. The maximum atomic E-state index is 12.4. The zero-order chi connectivity index (χ0) is 16.1. The number of nitrogens with one attached hydrogen (secondary N) is 1. The molecule has 1 fully saturated rings. The molecule has 0 aromatic carbocycles. The average molecular weight is 308 g/mol. The molecule has 2 N–H and O–H groups in total. The summed E-state index contributed by atoms with van der Waals surface area (Å²) in [5.74, 6) is -1.02. The topological polar surface area (TPSA) is 105 Å². The van der Waals surface area contributed by atoms with Crippen LogP contribution in [-0.4, -0.2) is 50.2 Å². The molecule has 1 aliphatic rings. The van der Waals surface area contributed by atoms with Crippen LogP contribution in [0.4, 0.5) is 5.82 Å². The van der Waals surface area contributed by atoms with Gasteiger partial charge < -0.3 is 15.3 Å². The number of carboxylic acids is 1. The maximum absolute atomic E-state index is 12.4. The average Bonchev–Trinajstić information content (AvgIpc) is 2.92. The van der Waals surface area contributed by atoms with Crippen LogP contribution in [0.3, 0.4) is 0 Å². The summed E-state index contributed by atoms with van der Waals surface area (Å²) in [7, 11) is 0. The minimum atomic E-state index is -1.01. The first-order valence-electron chi connectivity index (χ1n) is 7.37. The second-order valence-electron chi connectivity index (χ2n) is 5.23. The highest BCUT2D eigenvalue weighted by atomic mass is 16.4. The van der Waals surface area contributed by atoms with E-state index in [1.165, 1.54) is 16.9 Å². The lowest BCUT2D eigenvalue weighted by Crippen LogP contribution is -2.49. The molecular weight excluding hydrogens is 288 g/mol. The van der Waals surface area contributed by atoms with Gasteiger partial charge in [-0.2, -0.15) is 5.10 Å². The predicted molar refractivity (Wildman–Crippen MR) is 78.1 cm³/mol. The van der Waals surface area contributed by atoms with E-state index in [1.54, 1.807) is 11.8 Å². The molecule has 22 heavy (non-hydrogen) atoms. The van der Waals surface area contributed by atoms with Gasteiger partial charge in [0.15, 0.2) is 5.82 Å². The summed E-state index contributed by atoms with van der Waals surface area (Å²) in [6.45, 7) is 2.11. The number of aromatic nitrogens is 2. The standard InChI is InChI=1S/C14H20N4O4/c1-2-12(19)18-7-4-3-5-10(18)14(22)15-11-6-8-17(16-11)9-13(20)21/h6,8,10H,2-5,7,9H2,1H3,(H,20,21)(H,15,16,22). The Morgan fingerprint density at radius 2 is 2.18 bits per heavy atom. The lowest BCUT2D eigenvalue weighted by Gasteiger charge is -2.34. The van der Waals surface area contributed by atoms with E-state index in [9.17, 15) is 14.4 Å². The monoisotopic (exact) mass is 308 g/mol. The van der Waals surface area contributed by atoms with Crippen LogP contribution in [0, 0.1) is 0 Å². The highest BCUT2D eigenvalue weighted by Gasteiger charge is 2.31. The van der Waals surface area contributed by atoms with E-state index >= 15 is 0 Å². The smallest absolute Gasteiger partial charge is 0.325 e. The number of piperidine rings is 1. The number of likely N-dealkylation sites (tertiary alicyclic amines) is 1. The molecule has 0 aliphatic carbocycles. The summed E-state index contributed by atoms with van der Waals surface area (Å²) in [5, 5.41) is 15.3. The third kappa shape index (κ3) is 3.84. The second kappa shape index (κ2) is 7.06. The van der Waals surface area contributed by atoms with Crippen molar-refractivity contribution in [1.82, 2.24) is 14.7 Å². The lowest BCUT2D eigenvalue weighted by molar-refractivity contribution is -0.140. The molecule has 120 valence electrons. The van der Waals surface area contributed by atoms with Crippen LogP contribution in [0.5, 0.6) is 0 Å². The van der Waals surface area contributed by atoms with Crippen LogP contribution in [-0.2, 0) is 20.9 Å². The zero-order valence-corrected chi connectivity index (χ0v) is 12.5. The van der Waals surface area contributed by atoms with E-state index in [-0.39, 0.29) is 18.4 Å². The van der Waals surface area contributed by atoms with Gasteiger partial charge in [0.2, 0.25) is 11.8 Å². The van der Waals surface area contributed by atoms with Crippen LogP contribution < -0.4 is 5.32 Å². The van der Waals surface area contributed by atoms with Gasteiger partial charge in [0.1, 0.15) is 12.6 Å². The number of carbonyl (C=O) groups is 3. The molecule has 0 spiro atoms. The molecule has 2 amide bonds. The van der Waals surface area contributed by atoms with Gasteiger partial charge in [-0.15, -0.1) is 0 Å². The van der Waals surface area contributed by atoms with E-state index in [1.807, 2.05) is 0 Å². The molecule has 8 heteroatoms. The van der Waals surface area contributed by atoms with Crippen molar-refractivity contribution >= 4 is 23.6 Å². The lowest BCUT2D eigenvalue weighted by atomic mass is 10.0. The number of carboxylic acid groups (broad SMARTS) is 1. The Labute approximate surface area is 128 Å². The first-order chi connectivity index (χ1) is 10.5. The predicted octanol–water partition coefficient (Wildman–Crippen LogP) is 0.697. The molecule has 2 heterocycles. The fourth-order valence-electron chi connectivity index (χ4n) is 2.57. The van der Waals surface area contributed by atoms with Crippen LogP contribution >= 0.6 is 0 Å². The molecule has 1 aromatic rings. The summed E-state index contributed by atoms with van der Waals surface area (Å²) < 4.78 is 1.23. The van der Waals surface area contributed by atoms with Crippen molar-refractivity contribution in [3.05, 3.63) is 12.3 Å². The van der Waals surface area contributed by atoms with Crippen LogP contribution in [0.15, 0.2) is 12.3 Å². The number of carbonyl (C=O) groups excluding carboxylic acids is 2. The van der Waals surface area contributed by atoms with E-state index in [2.05, 4.69) is 10.4 Å². The van der Waals surface area contributed by atoms with Crippen LogP contribution in [0.1, 0.15) is 32.6 Å². The van der Waals surface area contributed by atoms with Gasteiger partial charge in [-0.25, -0.2) is 0 Å². The Morgan fingerprint density at radius 1 is 1.41 bits per heavy atom. The van der Waals surface area contributed by atoms with Crippen molar-refractivity contribution in [3.63, 3.8) is 0 Å². The molecule has 2 rings (SSSR count). The van der Waals surface area contributed by atoms with Crippen molar-refractivity contribution in [2.75, 3.05) is 11.9 Å². The molecule has 1 unspecified atom stereocenters. The second-order valence-corrected chi connectivity index (χ2v) is 5.23. The van der Waals surface area contributed by atoms with Gasteiger partial charge >= 0.3 is 5.97 Å². The van der Waals surface area contributed by atoms with Crippen molar-refractivity contribution in [1.29, 1.82) is 0 Å². The number of aliphatic carboxylic acids is 1. The molecular formula is C14H20N4O4. The fraction of sp³-hybridized carbons (Fsp3) is 0.571. The minimum absolute atomic E-state index is 0.0312. The molecule has 1 atom stereocenters. The zero-order valence-electron chi connectivity index (χ0n) is 12.5. The van der Waals surface area contributed by atoms with Crippen molar-refractivity contribution < 1.29 is 19.5 Å². The normalized spacial score (nSPS) is 18.0. The highest BCUT2D eigenvalue weighted by Crippen LogP contribution is 2.19. The Kier molecular flexibility index (Phi) is 5.13. The minimum Gasteiger partial charge on any atom is -0.480 e. The summed E-state index contributed by atoms with van der Waals surface area (Å²) in [5.41, 5.74) is 0. The molecule has 1 aromatic heterocycles. The Balaban J connectivity index is 2.02. The molecule has 1 aliphatic heterocycles. The molecule has 8 nitrogen and oxygen atoms in total. The molecule has 1 saturated heterocycles. The van der Waals surface area contributed by atoms with Gasteiger partial charge in [0.05, 0.1) is 0 Å². The Hall–Kier alpha value is -2.38. The molecule has 0 saturated carbocycles. The number of nitrogens with zero attached hydrogens (tertiary/aromatic N) is 3. The van der Waals surface area contributed by atoms with Crippen LogP contribution in [0.25, 0.3) is 0 Å². The first kappa shape index (κ1) is 16.0. The summed E-state index contributed by atoms with van der Waals surface area (Å²) in [4.78, 5) is 36.5. The van der Waals surface area contributed by atoms with Gasteiger partial charge in [-0.05, 0) is 19.3 Å². The van der Waals surface area contributed by atoms with Gasteiger partial charge in [0, 0.05) is 25.2 Å². The van der Waals surface area contributed by atoms with E-state index in [0.29, 0.717) is 25.2 Å². The Bertz CT molecular complexity index is 569. The summed E-state index contributed by atoms with van der Waals surface area (Å²) in [6, 6.07) is 1.06. The van der Waals surface area contributed by atoms with Gasteiger partial charge in [-0.1, -0.05) is 6.92 Å². The SMILES string of the molecule is CCC(=O)N1CCCCC1C(=O)Nc1ccn(CC(=O)O)n1. The number of rotatable bonds is 5. The van der Waals surface area contributed by atoms with Crippen molar-refractivity contribution in [2.45, 2.75) is 45.2 Å². The molecule has 0 radical (unpaired) electrons. The first-order valence-corrected chi connectivity index (χ1v) is 7.37. The van der Waals surface area contributed by atoms with Crippen molar-refractivity contribution in [2.24, 2.45) is 0 Å². The van der Waals surface area contributed by atoms with Gasteiger partial charge in [-0.3, -0.25) is 19.1 Å². The number of amides is 2. The Morgan fingerprint density at radius 3 is 2.86 bits per heavy atom. The largest absolute Gasteiger partial charge is 0.480 e. The number of hydrogen-bond donors (Lipinski definition) is 2. The van der Waals surface area contributed by atoms with E-state index in [0.717, 1.165) is 12.8 Å². The van der Waals surface area contributed by atoms with Gasteiger partial charge in [0.25, 0.3) is 0 Å². The van der Waals surface area contributed by atoms with Crippen LogP contribution in [0.2, 0.25) is 0 Å². The quantitative estimate of drug-likeness (QED) is 0.833. The molecule has 0 bridgehead atoms. The third-order valence-electron chi connectivity index (χ3n) is 3.62. The highest BCUT2D eigenvalue weighted by molar-refractivity contribution is 5.96. The summed E-state index contributed by atoms with van der Waals surface area (Å²) >= 11 is 0. The fourth-order valence-corrected chi connectivity index (χ4v) is 2.57. The van der Waals surface area contributed by atoms with E-state index < -0.39 is 12.0 Å². The number of hydrogen-bond acceptors (Lipinski definition) is 4. The third-order valence-corrected chi connectivity index (χ3v) is 3.62. The van der Waals surface area contributed by atoms with Crippen molar-refractivity contribution in [3.8, 4) is 0 Å².